The minimum atomic E-state index is -1.000. The van der Waals surface area contributed by atoms with Crippen molar-refractivity contribution in [3.63, 3.8) is 0 Å². The highest BCUT2D eigenvalue weighted by Gasteiger charge is 2.36. The number of phenolic OH excluding ortho intramolecular Hbond substituents is 1. The highest BCUT2D eigenvalue weighted by atomic mass is 16.6. The SMILES string of the molecule is CCCCCCN(C(=O)C(CC(C)C)NC(=O)OC(C)(C)C)C(C(=O)NCc1ccccc1)c1cccc(O)c1. The molecule has 8 nitrogen and oxygen atoms in total. The topological polar surface area (TPSA) is 108 Å². The summed E-state index contributed by atoms with van der Waals surface area (Å²) < 4.78 is 5.46. The first-order valence-corrected chi connectivity index (χ1v) is 14.3. The fourth-order valence-electron chi connectivity index (χ4n) is 4.47. The molecule has 2 aromatic carbocycles. The first-order chi connectivity index (χ1) is 18.9. The molecule has 0 aliphatic carbocycles. The molecule has 0 spiro atoms. The molecule has 2 rings (SSSR count). The van der Waals surface area contributed by atoms with E-state index in [2.05, 4.69) is 17.6 Å². The highest BCUT2D eigenvalue weighted by Crippen LogP contribution is 2.27. The number of unbranched alkanes of at least 4 members (excludes halogenated alkanes) is 3. The van der Waals surface area contributed by atoms with Gasteiger partial charge in [0.05, 0.1) is 0 Å². The molecular weight excluding hydrogens is 506 g/mol. The van der Waals surface area contributed by atoms with E-state index >= 15 is 0 Å². The lowest BCUT2D eigenvalue weighted by atomic mass is 9.98. The average molecular weight is 554 g/mol. The lowest BCUT2D eigenvalue weighted by molar-refractivity contribution is -0.143. The van der Waals surface area contributed by atoms with Gasteiger partial charge in [0.15, 0.2) is 0 Å². The normalized spacial score (nSPS) is 12.9. The summed E-state index contributed by atoms with van der Waals surface area (Å²) in [5.41, 5.74) is 0.696. The van der Waals surface area contributed by atoms with E-state index in [4.69, 9.17) is 4.74 Å². The number of carbonyl (C=O) groups is 3. The van der Waals surface area contributed by atoms with Crippen LogP contribution in [0.25, 0.3) is 0 Å². The third kappa shape index (κ3) is 11.3. The molecule has 0 aliphatic rings. The van der Waals surface area contributed by atoms with Crippen LogP contribution in [0.15, 0.2) is 54.6 Å². The van der Waals surface area contributed by atoms with Crippen molar-refractivity contribution in [3.8, 4) is 5.75 Å². The van der Waals surface area contributed by atoms with Crippen molar-refractivity contribution < 1.29 is 24.2 Å². The number of nitrogens with zero attached hydrogens (tertiary/aromatic N) is 1. The number of hydrogen-bond acceptors (Lipinski definition) is 5. The molecule has 0 aliphatic heterocycles. The van der Waals surface area contributed by atoms with Crippen LogP contribution in [0.4, 0.5) is 4.79 Å². The van der Waals surface area contributed by atoms with Gasteiger partial charge >= 0.3 is 6.09 Å². The second-order valence-electron chi connectivity index (χ2n) is 11.6. The Morgan fingerprint density at radius 1 is 0.975 bits per heavy atom. The first kappa shape index (κ1) is 32.7. The van der Waals surface area contributed by atoms with Gasteiger partial charge in [0.1, 0.15) is 23.4 Å². The third-order valence-electron chi connectivity index (χ3n) is 6.29. The van der Waals surface area contributed by atoms with Gasteiger partial charge in [0.25, 0.3) is 0 Å². The van der Waals surface area contributed by atoms with Crippen LogP contribution in [-0.4, -0.2) is 46.1 Å². The molecule has 0 bridgehead atoms. The maximum atomic E-state index is 14.2. The summed E-state index contributed by atoms with van der Waals surface area (Å²) in [6, 6.07) is 14.1. The number of rotatable bonds is 14. The average Bonchev–Trinajstić information content (AvgIpc) is 2.87. The Labute approximate surface area is 239 Å². The number of nitrogens with one attached hydrogen (secondary N) is 2. The summed E-state index contributed by atoms with van der Waals surface area (Å²) in [6.07, 6.45) is 3.32. The number of alkyl carbamates (subject to hydrolysis) is 1. The van der Waals surface area contributed by atoms with Crippen LogP contribution < -0.4 is 10.6 Å². The number of carbonyl (C=O) groups excluding carboxylic acids is 3. The monoisotopic (exact) mass is 553 g/mol. The van der Waals surface area contributed by atoms with Gasteiger partial charge in [-0.25, -0.2) is 4.79 Å². The van der Waals surface area contributed by atoms with Crippen LogP contribution in [0.3, 0.4) is 0 Å². The molecule has 2 aromatic rings. The molecule has 3 amide bonds. The highest BCUT2D eigenvalue weighted by molar-refractivity contribution is 5.92. The summed E-state index contributed by atoms with van der Waals surface area (Å²) in [7, 11) is 0. The van der Waals surface area contributed by atoms with Crippen molar-refractivity contribution in [1.29, 1.82) is 0 Å². The van der Waals surface area contributed by atoms with Gasteiger partial charge in [-0.05, 0) is 62.8 Å². The maximum absolute atomic E-state index is 14.2. The Balaban J connectivity index is 2.47. The van der Waals surface area contributed by atoms with E-state index in [9.17, 15) is 19.5 Å². The Morgan fingerprint density at radius 2 is 1.68 bits per heavy atom. The van der Waals surface area contributed by atoms with Crippen LogP contribution in [-0.2, 0) is 20.9 Å². The summed E-state index contributed by atoms with van der Waals surface area (Å²) >= 11 is 0. The van der Waals surface area contributed by atoms with Gasteiger partial charge in [-0.1, -0.05) is 82.5 Å². The van der Waals surface area contributed by atoms with Gasteiger partial charge in [-0.3, -0.25) is 9.59 Å². The van der Waals surface area contributed by atoms with E-state index < -0.39 is 23.8 Å². The van der Waals surface area contributed by atoms with E-state index in [0.29, 0.717) is 31.5 Å². The number of benzene rings is 2. The van der Waals surface area contributed by atoms with Crippen molar-refractivity contribution >= 4 is 17.9 Å². The lowest BCUT2D eigenvalue weighted by Crippen LogP contribution is -2.53. The van der Waals surface area contributed by atoms with Crippen LogP contribution in [0.5, 0.6) is 5.75 Å². The predicted octanol–water partition coefficient (Wildman–Crippen LogP) is 6.10. The van der Waals surface area contributed by atoms with Crippen molar-refractivity contribution in [2.24, 2.45) is 5.92 Å². The van der Waals surface area contributed by atoms with E-state index in [0.717, 1.165) is 24.8 Å². The van der Waals surface area contributed by atoms with Crippen LogP contribution in [0.2, 0.25) is 0 Å². The Morgan fingerprint density at radius 3 is 2.27 bits per heavy atom. The molecule has 0 radical (unpaired) electrons. The molecule has 0 saturated carbocycles. The van der Waals surface area contributed by atoms with Crippen LogP contribution >= 0.6 is 0 Å². The Kier molecular flexibility index (Phi) is 13.0. The fraction of sp³-hybridized carbons (Fsp3) is 0.531. The molecule has 0 saturated heterocycles. The number of aromatic hydroxyl groups is 1. The molecule has 3 N–H and O–H groups in total. The largest absolute Gasteiger partial charge is 0.508 e. The molecule has 0 fully saturated rings. The van der Waals surface area contributed by atoms with Crippen LogP contribution in [0.1, 0.15) is 90.8 Å². The Hall–Kier alpha value is -3.55. The summed E-state index contributed by atoms with van der Waals surface area (Å²) in [5, 5.41) is 16.0. The quantitative estimate of drug-likeness (QED) is 0.245. The zero-order valence-corrected chi connectivity index (χ0v) is 24.9. The van der Waals surface area contributed by atoms with Gasteiger partial charge < -0.3 is 25.4 Å². The van der Waals surface area contributed by atoms with Gasteiger partial charge in [0.2, 0.25) is 11.8 Å². The minimum absolute atomic E-state index is 0.00218. The molecule has 0 aromatic heterocycles. The molecule has 220 valence electrons. The lowest BCUT2D eigenvalue weighted by Gasteiger charge is -2.35. The van der Waals surface area contributed by atoms with Gasteiger partial charge in [-0.15, -0.1) is 0 Å². The van der Waals surface area contributed by atoms with Crippen molar-refractivity contribution in [2.75, 3.05) is 6.54 Å². The first-order valence-electron chi connectivity index (χ1n) is 14.3. The molecule has 8 heteroatoms. The zero-order chi connectivity index (χ0) is 29.7. The smallest absolute Gasteiger partial charge is 0.408 e. The molecule has 2 atom stereocenters. The standard InChI is InChI=1S/C32H47N3O5/c1-7-8-9-13-19-35(30(38)27(20-23(2)3)34-31(39)40-32(4,5)6)28(25-17-14-18-26(36)21-25)29(37)33-22-24-15-11-10-12-16-24/h10-12,14-18,21,23,27-28,36H,7-9,13,19-20,22H2,1-6H3,(H,33,37)(H,34,39). The molecule has 40 heavy (non-hydrogen) atoms. The predicted molar refractivity (Wildman–Crippen MR) is 158 cm³/mol. The number of amides is 3. The van der Waals surface area contributed by atoms with Gasteiger partial charge in [-0.2, -0.15) is 0 Å². The molecule has 0 heterocycles. The molecule has 2 unspecified atom stereocenters. The number of phenols is 1. The minimum Gasteiger partial charge on any atom is -0.508 e. The van der Waals surface area contributed by atoms with E-state index in [1.807, 2.05) is 44.2 Å². The number of hydrogen-bond donors (Lipinski definition) is 3. The van der Waals surface area contributed by atoms with E-state index in [1.54, 1.807) is 37.8 Å². The van der Waals surface area contributed by atoms with E-state index in [1.165, 1.54) is 12.1 Å². The van der Waals surface area contributed by atoms with Crippen molar-refractivity contribution in [1.82, 2.24) is 15.5 Å². The summed E-state index contributed by atoms with van der Waals surface area (Å²) in [6.45, 7) is 12.0. The van der Waals surface area contributed by atoms with Crippen molar-refractivity contribution in [2.45, 2.75) is 97.9 Å². The van der Waals surface area contributed by atoms with Gasteiger partial charge in [0, 0.05) is 13.1 Å². The Bertz CT molecular complexity index is 1080. The zero-order valence-electron chi connectivity index (χ0n) is 24.9. The number of ether oxygens (including phenoxy) is 1. The second-order valence-corrected chi connectivity index (χ2v) is 11.6. The fourth-order valence-corrected chi connectivity index (χ4v) is 4.47. The van der Waals surface area contributed by atoms with E-state index in [-0.39, 0.29) is 23.5 Å². The summed E-state index contributed by atoms with van der Waals surface area (Å²) in [4.78, 5) is 42.3. The summed E-state index contributed by atoms with van der Waals surface area (Å²) in [5.74, 6) is -0.627. The second kappa shape index (κ2) is 15.9. The molecular formula is C32H47N3O5. The van der Waals surface area contributed by atoms with Crippen molar-refractivity contribution in [3.05, 3.63) is 65.7 Å². The third-order valence-corrected chi connectivity index (χ3v) is 6.29. The van der Waals surface area contributed by atoms with Crippen LogP contribution in [0, 0.1) is 5.92 Å². The maximum Gasteiger partial charge on any atom is 0.408 e.